The first-order chi connectivity index (χ1) is 9.67. The summed E-state index contributed by atoms with van der Waals surface area (Å²) in [4.78, 5) is 19.9. The van der Waals surface area contributed by atoms with Crippen LogP contribution in [0.4, 0.5) is 0 Å². The quantitative estimate of drug-likeness (QED) is 0.672. The molecule has 0 saturated carbocycles. The number of carbonyl (C=O) groups is 1. The number of hydrogen-bond acceptors (Lipinski definition) is 5. The number of esters is 1. The first-order valence-electron chi connectivity index (χ1n) is 5.78. The van der Waals surface area contributed by atoms with Gasteiger partial charge >= 0.3 is 5.97 Å². The summed E-state index contributed by atoms with van der Waals surface area (Å²) < 4.78 is 11.1. The number of nitrogens with zero attached hydrogens (tertiary/aromatic N) is 2. The Balaban J connectivity index is 2.00. The second kappa shape index (κ2) is 5.05. The number of carbonyl (C=O) groups excluding carboxylic acids is 1. The van der Waals surface area contributed by atoms with Crippen LogP contribution in [-0.2, 0) is 4.74 Å². The standard InChI is InChI=1S/C14H9BrN2O3/c1-19-14(18)9-4-2-8(3-5-9)12-17-11-6-10(15)7-16-13(11)20-12/h2-7H,1H3. The van der Waals surface area contributed by atoms with E-state index in [4.69, 9.17) is 4.42 Å². The molecule has 0 spiro atoms. The number of ether oxygens (including phenoxy) is 1. The van der Waals surface area contributed by atoms with E-state index in [0.29, 0.717) is 22.7 Å². The summed E-state index contributed by atoms with van der Waals surface area (Å²) in [6.07, 6.45) is 1.65. The van der Waals surface area contributed by atoms with Crippen molar-refractivity contribution < 1.29 is 13.9 Å². The summed E-state index contributed by atoms with van der Waals surface area (Å²) in [5, 5.41) is 0. The number of hydrogen-bond donors (Lipinski definition) is 0. The number of rotatable bonds is 2. The van der Waals surface area contributed by atoms with Crippen LogP contribution in [0.2, 0.25) is 0 Å². The second-order valence-corrected chi connectivity index (χ2v) is 4.98. The van der Waals surface area contributed by atoms with Crippen LogP contribution in [0, 0.1) is 0 Å². The van der Waals surface area contributed by atoms with Crippen LogP contribution < -0.4 is 0 Å². The maximum absolute atomic E-state index is 11.4. The van der Waals surface area contributed by atoms with Gasteiger partial charge in [0.05, 0.1) is 12.7 Å². The molecule has 1 aromatic carbocycles. The highest BCUT2D eigenvalue weighted by Crippen LogP contribution is 2.25. The molecule has 0 bridgehead atoms. The van der Waals surface area contributed by atoms with Gasteiger partial charge in [0.15, 0.2) is 0 Å². The van der Waals surface area contributed by atoms with Crippen LogP contribution in [0.1, 0.15) is 10.4 Å². The van der Waals surface area contributed by atoms with Crippen molar-refractivity contribution in [3.63, 3.8) is 0 Å². The smallest absolute Gasteiger partial charge is 0.337 e. The van der Waals surface area contributed by atoms with E-state index in [1.54, 1.807) is 30.5 Å². The number of pyridine rings is 1. The lowest BCUT2D eigenvalue weighted by Gasteiger charge is -1.99. The number of aromatic nitrogens is 2. The largest absolute Gasteiger partial charge is 0.465 e. The molecule has 0 amide bonds. The highest BCUT2D eigenvalue weighted by atomic mass is 79.9. The Morgan fingerprint density at radius 2 is 2.05 bits per heavy atom. The predicted molar refractivity (Wildman–Crippen MR) is 76.3 cm³/mol. The minimum Gasteiger partial charge on any atom is -0.465 e. The van der Waals surface area contributed by atoms with Crippen LogP contribution in [-0.4, -0.2) is 23.0 Å². The van der Waals surface area contributed by atoms with Crippen molar-refractivity contribution in [2.45, 2.75) is 0 Å². The number of oxazole rings is 1. The Kier molecular flexibility index (Phi) is 3.23. The molecule has 0 saturated heterocycles. The van der Waals surface area contributed by atoms with E-state index in [1.807, 2.05) is 6.07 Å². The van der Waals surface area contributed by atoms with E-state index in [2.05, 4.69) is 30.6 Å². The molecule has 0 atom stereocenters. The topological polar surface area (TPSA) is 65.2 Å². The van der Waals surface area contributed by atoms with E-state index in [1.165, 1.54) is 7.11 Å². The maximum atomic E-state index is 11.4. The zero-order valence-electron chi connectivity index (χ0n) is 10.5. The molecule has 2 aromatic heterocycles. The third-order valence-corrected chi connectivity index (χ3v) is 3.20. The van der Waals surface area contributed by atoms with Crippen molar-refractivity contribution in [1.82, 2.24) is 9.97 Å². The van der Waals surface area contributed by atoms with E-state index < -0.39 is 0 Å². The van der Waals surface area contributed by atoms with Gasteiger partial charge in [-0.05, 0) is 46.3 Å². The van der Waals surface area contributed by atoms with Gasteiger partial charge in [0, 0.05) is 16.2 Å². The Morgan fingerprint density at radius 1 is 1.30 bits per heavy atom. The number of fused-ring (bicyclic) bond motifs is 1. The predicted octanol–water partition coefficient (Wildman–Crippen LogP) is 3.44. The highest BCUT2D eigenvalue weighted by Gasteiger charge is 2.11. The lowest BCUT2D eigenvalue weighted by molar-refractivity contribution is 0.0601. The molecule has 0 aliphatic heterocycles. The monoisotopic (exact) mass is 332 g/mol. The van der Waals surface area contributed by atoms with E-state index >= 15 is 0 Å². The summed E-state index contributed by atoms with van der Waals surface area (Å²) in [5.74, 6) is 0.0849. The van der Waals surface area contributed by atoms with Gasteiger partial charge in [0.25, 0.3) is 0 Å². The van der Waals surface area contributed by atoms with Crippen LogP contribution >= 0.6 is 15.9 Å². The highest BCUT2D eigenvalue weighted by molar-refractivity contribution is 9.10. The minimum absolute atomic E-state index is 0.375. The molecule has 3 rings (SSSR count). The molecule has 0 unspecified atom stereocenters. The van der Waals surface area contributed by atoms with Gasteiger partial charge in [-0.15, -0.1) is 0 Å². The fraction of sp³-hybridized carbons (Fsp3) is 0.0714. The fourth-order valence-corrected chi connectivity index (χ4v) is 2.11. The summed E-state index contributed by atoms with van der Waals surface area (Å²) in [6.45, 7) is 0. The van der Waals surface area contributed by atoms with E-state index in [0.717, 1.165) is 10.0 Å². The molecule has 20 heavy (non-hydrogen) atoms. The zero-order chi connectivity index (χ0) is 14.1. The Hall–Kier alpha value is -2.21. The fourth-order valence-electron chi connectivity index (χ4n) is 1.79. The molecule has 0 N–H and O–H groups in total. The van der Waals surface area contributed by atoms with Crippen LogP contribution in [0.3, 0.4) is 0 Å². The molecule has 0 aliphatic carbocycles. The van der Waals surface area contributed by atoms with Gasteiger partial charge in [0.1, 0.15) is 5.52 Å². The first kappa shape index (κ1) is 12.8. The normalized spacial score (nSPS) is 10.7. The Labute approximate surface area is 122 Å². The van der Waals surface area contributed by atoms with Crippen molar-refractivity contribution in [3.8, 4) is 11.5 Å². The number of benzene rings is 1. The molecule has 3 aromatic rings. The molecule has 2 heterocycles. The average molecular weight is 333 g/mol. The van der Waals surface area contributed by atoms with Gasteiger partial charge in [-0.3, -0.25) is 0 Å². The van der Waals surface area contributed by atoms with Crippen molar-refractivity contribution in [2.24, 2.45) is 0 Å². The minimum atomic E-state index is -0.375. The Morgan fingerprint density at radius 3 is 2.75 bits per heavy atom. The molecule has 100 valence electrons. The summed E-state index contributed by atoms with van der Waals surface area (Å²) in [7, 11) is 1.35. The van der Waals surface area contributed by atoms with Crippen molar-refractivity contribution >= 4 is 33.1 Å². The molecule has 0 radical (unpaired) electrons. The lowest BCUT2D eigenvalue weighted by atomic mass is 10.1. The number of methoxy groups -OCH3 is 1. The van der Waals surface area contributed by atoms with Crippen molar-refractivity contribution in [3.05, 3.63) is 46.6 Å². The molecular formula is C14H9BrN2O3. The second-order valence-electron chi connectivity index (χ2n) is 4.07. The molecule has 6 heteroatoms. The summed E-state index contributed by atoms with van der Waals surface area (Å²) in [5.41, 5.74) is 2.40. The van der Waals surface area contributed by atoms with Crippen molar-refractivity contribution in [1.29, 1.82) is 0 Å². The van der Waals surface area contributed by atoms with Crippen LogP contribution in [0.5, 0.6) is 0 Å². The summed E-state index contributed by atoms with van der Waals surface area (Å²) >= 11 is 3.34. The number of halogens is 1. The van der Waals surface area contributed by atoms with Gasteiger partial charge < -0.3 is 9.15 Å². The molecule has 0 fully saturated rings. The lowest BCUT2D eigenvalue weighted by Crippen LogP contribution is -2.00. The molecular weight excluding hydrogens is 324 g/mol. The van der Waals surface area contributed by atoms with E-state index in [-0.39, 0.29) is 5.97 Å². The van der Waals surface area contributed by atoms with Gasteiger partial charge in [-0.1, -0.05) is 0 Å². The SMILES string of the molecule is COC(=O)c1ccc(-c2nc3cc(Br)cnc3o2)cc1. The first-order valence-corrected chi connectivity index (χ1v) is 6.57. The molecule has 0 aliphatic rings. The van der Waals surface area contributed by atoms with Crippen LogP contribution in [0.25, 0.3) is 22.7 Å². The average Bonchev–Trinajstić information content (AvgIpc) is 2.89. The van der Waals surface area contributed by atoms with E-state index in [9.17, 15) is 4.79 Å². The van der Waals surface area contributed by atoms with Gasteiger partial charge in [-0.2, -0.15) is 0 Å². The zero-order valence-corrected chi connectivity index (χ0v) is 12.0. The van der Waals surface area contributed by atoms with Crippen LogP contribution in [0.15, 0.2) is 45.4 Å². The maximum Gasteiger partial charge on any atom is 0.337 e. The summed E-state index contributed by atoms with van der Waals surface area (Å²) in [6, 6.07) is 8.68. The molecule has 5 nitrogen and oxygen atoms in total. The van der Waals surface area contributed by atoms with Gasteiger partial charge in [-0.25, -0.2) is 14.8 Å². The Bertz CT molecular complexity index is 781. The van der Waals surface area contributed by atoms with Crippen molar-refractivity contribution in [2.75, 3.05) is 7.11 Å². The van der Waals surface area contributed by atoms with Gasteiger partial charge in [0.2, 0.25) is 11.6 Å². The third-order valence-electron chi connectivity index (χ3n) is 2.77. The third kappa shape index (κ3) is 2.30.